The molecule has 0 N–H and O–H groups in total. The third-order valence-electron chi connectivity index (χ3n) is 3.47. The summed E-state index contributed by atoms with van der Waals surface area (Å²) >= 11 is 0. The molecular weight excluding hydrogens is 184 g/mol. The highest BCUT2D eigenvalue weighted by atomic mass is 15.1. The van der Waals surface area contributed by atoms with Crippen LogP contribution in [0.15, 0.2) is 6.07 Å². The van der Waals surface area contributed by atoms with E-state index in [1.165, 1.54) is 18.5 Å². The average Bonchev–Trinajstić information content (AvgIpc) is 3.02. The Morgan fingerprint density at radius 3 is 2.73 bits per heavy atom. The van der Waals surface area contributed by atoms with Gasteiger partial charge in [-0.3, -0.25) is 0 Å². The Hall–Kier alpha value is -1.23. The first-order valence-electron chi connectivity index (χ1n) is 5.80. The second kappa shape index (κ2) is 3.73. The van der Waals surface area contributed by atoms with E-state index in [2.05, 4.69) is 37.5 Å². The summed E-state index contributed by atoms with van der Waals surface area (Å²) in [5.41, 5.74) is 3.38. The summed E-state index contributed by atoms with van der Waals surface area (Å²) < 4.78 is 2.40. The first-order chi connectivity index (χ1) is 7.19. The lowest BCUT2D eigenvalue weighted by atomic mass is 10.0. The molecule has 0 saturated heterocycles. The maximum absolute atomic E-state index is 9.05. The maximum atomic E-state index is 9.05. The fourth-order valence-electron chi connectivity index (χ4n) is 2.16. The molecule has 2 heteroatoms. The van der Waals surface area contributed by atoms with Gasteiger partial charge in [-0.1, -0.05) is 13.8 Å². The molecule has 1 aliphatic rings. The minimum absolute atomic E-state index is 0.561. The summed E-state index contributed by atoms with van der Waals surface area (Å²) in [6.45, 7) is 6.52. The molecule has 1 atom stereocenters. The summed E-state index contributed by atoms with van der Waals surface area (Å²) in [7, 11) is 0. The molecule has 1 fully saturated rings. The average molecular weight is 202 g/mol. The molecule has 0 amide bonds. The van der Waals surface area contributed by atoms with Crippen molar-refractivity contribution in [2.45, 2.75) is 52.0 Å². The molecule has 0 spiro atoms. The van der Waals surface area contributed by atoms with E-state index in [0.717, 1.165) is 17.7 Å². The molecule has 1 aliphatic carbocycles. The van der Waals surface area contributed by atoms with Gasteiger partial charge in [0.1, 0.15) is 6.07 Å². The van der Waals surface area contributed by atoms with Gasteiger partial charge in [0.05, 0.1) is 5.56 Å². The molecule has 2 rings (SSSR count). The Morgan fingerprint density at radius 2 is 2.27 bits per heavy atom. The lowest BCUT2D eigenvalue weighted by molar-refractivity contribution is 0.608. The van der Waals surface area contributed by atoms with Crippen LogP contribution in [0.4, 0.5) is 0 Å². The SMILES string of the molecule is CCC(C)c1cc(C#N)c(C)n1C1CC1. The number of nitrogens with zero attached hydrogens (tertiary/aromatic N) is 2. The summed E-state index contributed by atoms with van der Waals surface area (Å²) in [6.07, 6.45) is 3.70. The van der Waals surface area contributed by atoms with Crippen molar-refractivity contribution in [1.82, 2.24) is 4.57 Å². The molecule has 80 valence electrons. The van der Waals surface area contributed by atoms with Gasteiger partial charge in [-0.2, -0.15) is 5.26 Å². The molecule has 1 unspecified atom stereocenters. The lowest BCUT2D eigenvalue weighted by Gasteiger charge is -2.14. The van der Waals surface area contributed by atoms with Crippen LogP contribution < -0.4 is 0 Å². The quantitative estimate of drug-likeness (QED) is 0.737. The number of rotatable bonds is 3. The van der Waals surface area contributed by atoms with Crippen LogP contribution in [0.3, 0.4) is 0 Å². The zero-order valence-electron chi connectivity index (χ0n) is 9.75. The summed E-state index contributed by atoms with van der Waals surface area (Å²) in [5, 5.41) is 9.05. The van der Waals surface area contributed by atoms with E-state index in [0.29, 0.717) is 12.0 Å². The molecule has 0 radical (unpaired) electrons. The monoisotopic (exact) mass is 202 g/mol. The van der Waals surface area contributed by atoms with Crippen molar-refractivity contribution < 1.29 is 0 Å². The Labute approximate surface area is 91.5 Å². The second-order valence-electron chi connectivity index (χ2n) is 4.59. The van der Waals surface area contributed by atoms with E-state index >= 15 is 0 Å². The molecular formula is C13H18N2. The predicted molar refractivity (Wildman–Crippen MR) is 60.9 cm³/mol. The van der Waals surface area contributed by atoms with Crippen molar-refractivity contribution in [1.29, 1.82) is 5.26 Å². The fourth-order valence-corrected chi connectivity index (χ4v) is 2.16. The van der Waals surface area contributed by atoms with E-state index in [1.807, 2.05) is 0 Å². The molecule has 0 aliphatic heterocycles. The predicted octanol–water partition coefficient (Wildman–Crippen LogP) is 3.52. The number of aromatic nitrogens is 1. The van der Waals surface area contributed by atoms with Gasteiger partial charge in [0.15, 0.2) is 0 Å². The first-order valence-corrected chi connectivity index (χ1v) is 5.80. The highest BCUT2D eigenvalue weighted by Crippen LogP contribution is 2.40. The number of hydrogen-bond donors (Lipinski definition) is 0. The molecule has 15 heavy (non-hydrogen) atoms. The van der Waals surface area contributed by atoms with E-state index in [9.17, 15) is 0 Å². The number of nitriles is 1. The van der Waals surface area contributed by atoms with Gasteiger partial charge in [0, 0.05) is 17.4 Å². The third-order valence-corrected chi connectivity index (χ3v) is 3.47. The lowest BCUT2D eigenvalue weighted by Crippen LogP contribution is -2.05. The molecule has 1 aromatic rings. The maximum Gasteiger partial charge on any atom is 0.101 e. The van der Waals surface area contributed by atoms with Crippen LogP contribution in [0.5, 0.6) is 0 Å². The van der Waals surface area contributed by atoms with Crippen LogP contribution in [0.1, 0.15) is 62.0 Å². The molecule has 1 saturated carbocycles. The topological polar surface area (TPSA) is 28.7 Å². The van der Waals surface area contributed by atoms with Gasteiger partial charge >= 0.3 is 0 Å². The van der Waals surface area contributed by atoms with Gasteiger partial charge in [-0.15, -0.1) is 0 Å². The zero-order chi connectivity index (χ0) is 11.0. The van der Waals surface area contributed by atoms with Crippen LogP contribution in [0.25, 0.3) is 0 Å². The fraction of sp³-hybridized carbons (Fsp3) is 0.615. The summed E-state index contributed by atoms with van der Waals surface area (Å²) in [5.74, 6) is 0.561. The van der Waals surface area contributed by atoms with E-state index in [4.69, 9.17) is 5.26 Å². The van der Waals surface area contributed by atoms with Gasteiger partial charge in [0.2, 0.25) is 0 Å². The highest BCUT2D eigenvalue weighted by molar-refractivity contribution is 5.39. The van der Waals surface area contributed by atoms with Crippen molar-refractivity contribution in [3.05, 3.63) is 23.0 Å². The van der Waals surface area contributed by atoms with Crippen LogP contribution in [-0.4, -0.2) is 4.57 Å². The van der Waals surface area contributed by atoms with Crippen molar-refractivity contribution in [2.24, 2.45) is 0 Å². The Bertz CT molecular complexity index is 405. The molecule has 0 aromatic carbocycles. The first kappa shape index (κ1) is 10.3. The second-order valence-corrected chi connectivity index (χ2v) is 4.59. The summed E-state index contributed by atoms with van der Waals surface area (Å²) in [4.78, 5) is 0. The van der Waals surface area contributed by atoms with Gasteiger partial charge in [0.25, 0.3) is 0 Å². The summed E-state index contributed by atoms with van der Waals surface area (Å²) in [6, 6.07) is 5.06. The minimum Gasteiger partial charge on any atom is -0.344 e. The van der Waals surface area contributed by atoms with Crippen molar-refractivity contribution >= 4 is 0 Å². The van der Waals surface area contributed by atoms with E-state index in [1.54, 1.807) is 0 Å². The van der Waals surface area contributed by atoms with Crippen LogP contribution >= 0.6 is 0 Å². The molecule has 1 heterocycles. The van der Waals surface area contributed by atoms with Crippen LogP contribution in [0.2, 0.25) is 0 Å². The standard InChI is InChI=1S/C13H18N2/c1-4-9(2)13-7-11(8-14)10(3)15(13)12-5-6-12/h7,9,12H,4-6H2,1-3H3. The van der Waals surface area contributed by atoms with Crippen molar-refractivity contribution in [3.8, 4) is 6.07 Å². The largest absolute Gasteiger partial charge is 0.344 e. The molecule has 0 bridgehead atoms. The van der Waals surface area contributed by atoms with Crippen molar-refractivity contribution in [3.63, 3.8) is 0 Å². The molecule has 2 nitrogen and oxygen atoms in total. The van der Waals surface area contributed by atoms with Gasteiger partial charge < -0.3 is 4.57 Å². The third kappa shape index (κ3) is 1.67. The smallest absolute Gasteiger partial charge is 0.101 e. The van der Waals surface area contributed by atoms with Crippen molar-refractivity contribution in [2.75, 3.05) is 0 Å². The zero-order valence-corrected chi connectivity index (χ0v) is 9.75. The Morgan fingerprint density at radius 1 is 1.60 bits per heavy atom. The Balaban J connectivity index is 2.48. The molecule has 1 aromatic heterocycles. The van der Waals surface area contributed by atoms with Gasteiger partial charge in [-0.25, -0.2) is 0 Å². The minimum atomic E-state index is 0.561. The van der Waals surface area contributed by atoms with E-state index in [-0.39, 0.29) is 0 Å². The van der Waals surface area contributed by atoms with Gasteiger partial charge in [-0.05, 0) is 38.2 Å². The Kier molecular flexibility index (Phi) is 2.56. The number of hydrogen-bond acceptors (Lipinski definition) is 1. The van der Waals surface area contributed by atoms with Crippen LogP contribution in [0, 0.1) is 18.3 Å². The normalized spacial score (nSPS) is 17.5. The highest BCUT2D eigenvalue weighted by Gasteiger charge is 2.29. The van der Waals surface area contributed by atoms with Crippen LogP contribution in [-0.2, 0) is 0 Å². The van der Waals surface area contributed by atoms with E-state index < -0.39 is 0 Å².